The number of aryl methyl sites for hydroxylation is 1. The number of anilines is 1. The third-order valence-corrected chi connectivity index (χ3v) is 1.65. The Hall–Kier alpha value is -0.750. The van der Waals surface area contributed by atoms with Crippen LogP contribution in [0.1, 0.15) is 13.3 Å². The molecule has 0 amide bonds. The maximum Gasteiger partial charge on any atom is 0.180 e. The van der Waals surface area contributed by atoms with Crippen molar-refractivity contribution in [1.82, 2.24) is 15.0 Å². The fourth-order valence-corrected chi connectivity index (χ4v) is 0.998. The highest BCUT2D eigenvalue weighted by Crippen LogP contribution is 2.07. The molecule has 1 heterocycles. The molecule has 0 unspecified atom stereocenters. The molecular formula is C6H12N4OS. The van der Waals surface area contributed by atoms with Gasteiger partial charge in [0.05, 0.1) is 19.9 Å². The molecule has 0 aliphatic carbocycles. The second kappa shape index (κ2) is 5.00. The van der Waals surface area contributed by atoms with Crippen molar-refractivity contribution in [2.45, 2.75) is 19.9 Å². The highest BCUT2D eigenvalue weighted by molar-refractivity contribution is 7.95. The summed E-state index contributed by atoms with van der Waals surface area (Å²) in [5.41, 5.74) is 0. The number of rotatable bonds is 5. The van der Waals surface area contributed by atoms with Crippen molar-refractivity contribution in [3.63, 3.8) is 0 Å². The van der Waals surface area contributed by atoms with Gasteiger partial charge in [0.25, 0.3) is 0 Å². The van der Waals surface area contributed by atoms with Crippen LogP contribution in [0.5, 0.6) is 0 Å². The number of nitrogens with zero attached hydrogens (tertiary/aromatic N) is 3. The van der Waals surface area contributed by atoms with Crippen LogP contribution < -0.4 is 4.72 Å². The number of hydrogen-bond acceptors (Lipinski definition) is 5. The maximum atomic E-state index is 4.74. The fourth-order valence-electron chi connectivity index (χ4n) is 0.736. The van der Waals surface area contributed by atoms with Gasteiger partial charge in [0, 0.05) is 0 Å². The molecule has 6 heteroatoms. The van der Waals surface area contributed by atoms with Gasteiger partial charge in [0.2, 0.25) is 0 Å². The molecule has 12 heavy (non-hydrogen) atoms. The van der Waals surface area contributed by atoms with Crippen molar-refractivity contribution in [3.05, 3.63) is 6.20 Å². The van der Waals surface area contributed by atoms with Crippen LogP contribution in [0.25, 0.3) is 0 Å². The zero-order chi connectivity index (χ0) is 8.81. The third kappa shape index (κ3) is 2.71. The first-order chi connectivity index (χ1) is 5.86. The molecule has 1 aromatic rings. The van der Waals surface area contributed by atoms with Crippen LogP contribution in [0.4, 0.5) is 5.82 Å². The maximum absolute atomic E-state index is 4.74. The van der Waals surface area contributed by atoms with Crippen molar-refractivity contribution in [1.29, 1.82) is 0 Å². The minimum Gasteiger partial charge on any atom is -0.300 e. The summed E-state index contributed by atoms with van der Waals surface area (Å²) in [6.07, 6.45) is 2.70. The lowest BCUT2D eigenvalue weighted by atomic mass is 10.5. The Morgan fingerprint density at radius 1 is 1.75 bits per heavy atom. The Morgan fingerprint density at radius 3 is 3.25 bits per heavy atom. The highest BCUT2D eigenvalue weighted by Gasteiger charge is 1.97. The summed E-state index contributed by atoms with van der Waals surface area (Å²) in [6, 6.07) is 0. The first kappa shape index (κ1) is 9.34. The molecule has 0 radical (unpaired) electrons. The predicted molar refractivity (Wildman–Crippen MR) is 48.5 cm³/mol. The highest BCUT2D eigenvalue weighted by atomic mass is 32.2. The van der Waals surface area contributed by atoms with Gasteiger partial charge in [0.15, 0.2) is 5.82 Å². The molecule has 0 aromatic carbocycles. The quantitative estimate of drug-likeness (QED) is 0.557. The van der Waals surface area contributed by atoms with E-state index >= 15 is 0 Å². The minimum absolute atomic E-state index is 0.718. The van der Waals surface area contributed by atoms with Crippen LogP contribution in [-0.2, 0) is 10.7 Å². The molecule has 0 bridgehead atoms. The zero-order valence-corrected chi connectivity index (χ0v) is 7.97. The number of aromatic nitrogens is 3. The lowest BCUT2D eigenvalue weighted by molar-refractivity contribution is 0.492. The van der Waals surface area contributed by atoms with E-state index in [0.717, 1.165) is 31.0 Å². The summed E-state index contributed by atoms with van der Waals surface area (Å²) < 4.78 is 7.62. The van der Waals surface area contributed by atoms with Gasteiger partial charge in [-0.1, -0.05) is 6.92 Å². The van der Waals surface area contributed by atoms with E-state index in [4.69, 9.17) is 4.18 Å². The van der Waals surface area contributed by atoms with E-state index in [0.29, 0.717) is 0 Å². The lowest BCUT2D eigenvalue weighted by Gasteiger charge is -1.96. The molecule has 0 aliphatic heterocycles. The molecule has 5 nitrogen and oxygen atoms in total. The van der Waals surface area contributed by atoms with Gasteiger partial charge in [-0.25, -0.2) is 0 Å². The molecule has 68 valence electrons. The van der Waals surface area contributed by atoms with Gasteiger partial charge in [-0.2, -0.15) is 9.90 Å². The smallest absolute Gasteiger partial charge is 0.180 e. The Bertz CT molecular complexity index is 227. The van der Waals surface area contributed by atoms with Crippen LogP contribution in [0.15, 0.2) is 6.20 Å². The van der Waals surface area contributed by atoms with Gasteiger partial charge in [-0.15, -0.1) is 5.10 Å². The van der Waals surface area contributed by atoms with E-state index < -0.39 is 0 Å². The largest absolute Gasteiger partial charge is 0.300 e. The van der Waals surface area contributed by atoms with Gasteiger partial charge < -0.3 is 4.18 Å². The van der Waals surface area contributed by atoms with E-state index in [1.165, 1.54) is 0 Å². The van der Waals surface area contributed by atoms with E-state index in [9.17, 15) is 0 Å². The fraction of sp³-hybridized carbons (Fsp3) is 0.667. The number of nitrogens with one attached hydrogen (secondary N) is 1. The lowest BCUT2D eigenvalue weighted by Crippen LogP contribution is -2.01. The van der Waals surface area contributed by atoms with Gasteiger partial charge in [-0.05, 0) is 6.42 Å². The summed E-state index contributed by atoms with van der Waals surface area (Å²) in [6.45, 7) is 2.93. The average molecular weight is 188 g/mol. The molecular weight excluding hydrogens is 176 g/mol. The Morgan fingerprint density at radius 2 is 2.58 bits per heavy atom. The van der Waals surface area contributed by atoms with Crippen molar-refractivity contribution in [2.75, 3.05) is 11.8 Å². The van der Waals surface area contributed by atoms with Crippen molar-refractivity contribution in [2.24, 2.45) is 0 Å². The summed E-state index contributed by atoms with van der Waals surface area (Å²) >= 11 is 1.13. The summed E-state index contributed by atoms with van der Waals surface area (Å²) in [5, 5.41) is 8.16. The summed E-state index contributed by atoms with van der Waals surface area (Å²) in [4.78, 5) is 1.65. The monoisotopic (exact) mass is 188 g/mol. The summed E-state index contributed by atoms with van der Waals surface area (Å²) in [5.74, 6) is 0.718. The Labute approximate surface area is 75.8 Å². The van der Waals surface area contributed by atoms with Crippen LogP contribution in [0.3, 0.4) is 0 Å². The minimum atomic E-state index is 0.718. The molecule has 0 atom stereocenters. The molecule has 0 fully saturated rings. The zero-order valence-electron chi connectivity index (χ0n) is 7.15. The Balaban J connectivity index is 2.41. The topological polar surface area (TPSA) is 52.0 Å². The van der Waals surface area contributed by atoms with Crippen LogP contribution >= 0.6 is 12.2 Å². The molecule has 1 rings (SSSR count). The molecule has 1 aromatic heterocycles. The van der Waals surface area contributed by atoms with E-state index in [2.05, 4.69) is 21.8 Å². The molecule has 0 spiro atoms. The molecule has 0 saturated carbocycles. The van der Waals surface area contributed by atoms with Crippen LogP contribution in [0, 0.1) is 0 Å². The van der Waals surface area contributed by atoms with Crippen molar-refractivity contribution >= 4 is 18.0 Å². The SMILES string of the molecule is CCCn1ncc(NSOC)n1. The van der Waals surface area contributed by atoms with Gasteiger partial charge in [-0.3, -0.25) is 4.72 Å². The summed E-state index contributed by atoms with van der Waals surface area (Å²) in [7, 11) is 1.59. The number of hydrogen-bond donors (Lipinski definition) is 1. The third-order valence-electron chi connectivity index (χ3n) is 1.19. The van der Waals surface area contributed by atoms with Crippen molar-refractivity contribution in [3.8, 4) is 0 Å². The van der Waals surface area contributed by atoms with E-state index in [1.54, 1.807) is 18.1 Å². The second-order valence-corrected chi connectivity index (χ2v) is 2.88. The normalized spacial score (nSPS) is 10.2. The van der Waals surface area contributed by atoms with E-state index in [1.807, 2.05) is 0 Å². The molecule has 0 saturated heterocycles. The Kier molecular flexibility index (Phi) is 3.89. The van der Waals surface area contributed by atoms with Crippen LogP contribution in [-0.4, -0.2) is 22.1 Å². The first-order valence-electron chi connectivity index (χ1n) is 3.72. The van der Waals surface area contributed by atoms with E-state index in [-0.39, 0.29) is 0 Å². The van der Waals surface area contributed by atoms with Crippen molar-refractivity contribution < 1.29 is 4.18 Å². The first-order valence-corrected chi connectivity index (χ1v) is 4.46. The van der Waals surface area contributed by atoms with Gasteiger partial charge in [0.1, 0.15) is 12.2 Å². The predicted octanol–water partition coefficient (Wildman–Crippen LogP) is 1.31. The van der Waals surface area contributed by atoms with Gasteiger partial charge >= 0.3 is 0 Å². The molecule has 0 aliphatic rings. The van der Waals surface area contributed by atoms with Crippen LogP contribution in [0.2, 0.25) is 0 Å². The average Bonchev–Trinajstić information content (AvgIpc) is 2.50. The standard InChI is InChI=1S/C6H12N4OS/c1-3-4-10-7-5-6(8-10)9-12-11-2/h5H,3-4H2,1-2H3,(H,8,9). The second-order valence-electron chi connectivity index (χ2n) is 2.18. The molecule has 1 N–H and O–H groups in total.